The number of fused-ring (bicyclic) bond motifs is 4. The lowest BCUT2D eigenvalue weighted by Gasteiger charge is -2.31. The van der Waals surface area contributed by atoms with Crippen LogP contribution in [0.25, 0.3) is 32.9 Å². The Bertz CT molecular complexity index is 1950. The van der Waals surface area contributed by atoms with Crippen molar-refractivity contribution in [2.75, 3.05) is 50.1 Å². The lowest BCUT2D eigenvalue weighted by atomic mass is 9.94. The largest absolute Gasteiger partial charge is 0.461 e. The van der Waals surface area contributed by atoms with Crippen molar-refractivity contribution >= 4 is 33.2 Å². The van der Waals surface area contributed by atoms with Crippen LogP contribution in [0.3, 0.4) is 0 Å². The van der Waals surface area contributed by atoms with Gasteiger partial charge in [0.1, 0.15) is 35.6 Å². The van der Waals surface area contributed by atoms with E-state index in [1.165, 1.54) is 18.3 Å². The number of rotatable bonds is 5. The lowest BCUT2D eigenvalue weighted by Crippen LogP contribution is -2.43. The minimum Gasteiger partial charge on any atom is -0.461 e. The summed E-state index contributed by atoms with van der Waals surface area (Å²) in [6.07, 6.45) is 8.87. The van der Waals surface area contributed by atoms with E-state index in [2.05, 4.69) is 27.4 Å². The smallest absolute Gasteiger partial charge is 0.319 e. The molecule has 3 aliphatic heterocycles. The zero-order chi connectivity index (χ0) is 31.0. The normalized spacial score (nSPS) is 26.1. The molecule has 5 heterocycles. The minimum atomic E-state index is -1.09. The molecule has 2 aromatic heterocycles. The minimum absolute atomic E-state index is 0.0159. The second kappa shape index (κ2) is 10.3. The quantitative estimate of drug-likeness (QED) is 0.191. The van der Waals surface area contributed by atoms with E-state index in [1.807, 2.05) is 4.90 Å². The third-order valence-electron chi connectivity index (χ3n) is 9.79. The van der Waals surface area contributed by atoms with Crippen molar-refractivity contribution in [3.8, 4) is 29.6 Å². The number of alkyl halides is 1. The van der Waals surface area contributed by atoms with Crippen LogP contribution in [-0.2, 0) is 4.74 Å². The summed E-state index contributed by atoms with van der Waals surface area (Å²) in [6.45, 7) is 7.31. The van der Waals surface area contributed by atoms with Crippen LogP contribution in [0.15, 0.2) is 42.6 Å². The molecule has 8 nitrogen and oxygen atoms in total. The number of ether oxygens (including phenoxy) is 2. The van der Waals surface area contributed by atoms with E-state index in [1.54, 1.807) is 12.1 Å². The summed E-state index contributed by atoms with van der Waals surface area (Å²) in [6, 6.07) is 5.50. The summed E-state index contributed by atoms with van der Waals surface area (Å²) in [5.74, 6) is 1.04. The van der Waals surface area contributed by atoms with Crippen molar-refractivity contribution < 1.29 is 22.6 Å². The number of benzene rings is 2. The van der Waals surface area contributed by atoms with Gasteiger partial charge in [-0.1, -0.05) is 24.1 Å². The van der Waals surface area contributed by atoms with Gasteiger partial charge in [0.2, 0.25) is 0 Å². The summed E-state index contributed by atoms with van der Waals surface area (Å²) in [4.78, 5) is 18.0. The Kier molecular flexibility index (Phi) is 6.45. The van der Waals surface area contributed by atoms with Crippen LogP contribution in [0.2, 0.25) is 0 Å². The van der Waals surface area contributed by atoms with Gasteiger partial charge in [-0.25, -0.2) is 13.2 Å². The molecule has 0 unspecified atom stereocenters. The Morgan fingerprint density at radius 3 is 2.93 bits per heavy atom. The fraction of sp³-hybridized carbons (Fsp3) is 0.382. The molecule has 4 atom stereocenters. The Labute approximate surface area is 258 Å². The number of hydrogen-bond donors (Lipinski definition) is 1. The molecule has 1 saturated carbocycles. The van der Waals surface area contributed by atoms with Gasteiger partial charge in [-0.2, -0.15) is 9.97 Å². The van der Waals surface area contributed by atoms with E-state index in [4.69, 9.17) is 26.6 Å². The molecule has 0 radical (unpaired) electrons. The summed E-state index contributed by atoms with van der Waals surface area (Å²) in [5.41, 5.74) is 7.52. The van der Waals surface area contributed by atoms with Crippen molar-refractivity contribution in [1.82, 2.24) is 19.9 Å². The number of hydrogen-bond acceptors (Lipinski definition) is 8. The molecule has 8 rings (SSSR count). The van der Waals surface area contributed by atoms with Gasteiger partial charge in [0.25, 0.3) is 0 Å². The first-order valence-electron chi connectivity index (χ1n) is 15.2. The zero-order valence-corrected chi connectivity index (χ0v) is 24.5. The lowest BCUT2D eigenvalue weighted by molar-refractivity contribution is 0.108. The van der Waals surface area contributed by atoms with Gasteiger partial charge in [0.05, 0.1) is 35.7 Å². The number of anilines is 2. The zero-order valence-electron chi connectivity index (χ0n) is 24.5. The average Bonchev–Trinajstić information content (AvgIpc) is 3.43. The van der Waals surface area contributed by atoms with E-state index >= 15 is 4.39 Å². The molecule has 2 aromatic carbocycles. The first-order valence-corrected chi connectivity index (χ1v) is 15.2. The van der Waals surface area contributed by atoms with Gasteiger partial charge in [0.15, 0.2) is 5.82 Å². The van der Waals surface area contributed by atoms with Gasteiger partial charge in [-0.3, -0.25) is 9.88 Å². The summed E-state index contributed by atoms with van der Waals surface area (Å²) < 4.78 is 58.5. The second-order valence-corrected chi connectivity index (χ2v) is 12.6. The highest BCUT2D eigenvalue weighted by molar-refractivity contribution is 6.03. The molecule has 11 heteroatoms. The molecule has 0 bridgehead atoms. The highest BCUT2D eigenvalue weighted by atomic mass is 19.1. The molecule has 4 aromatic rings. The average molecular weight is 613 g/mol. The predicted octanol–water partition coefficient (Wildman–Crippen LogP) is 5.03. The van der Waals surface area contributed by atoms with Crippen LogP contribution >= 0.6 is 0 Å². The second-order valence-electron chi connectivity index (χ2n) is 12.6. The van der Waals surface area contributed by atoms with Crippen LogP contribution in [0, 0.1) is 29.9 Å². The molecule has 0 amide bonds. The Morgan fingerprint density at radius 1 is 1.22 bits per heavy atom. The van der Waals surface area contributed by atoms with Gasteiger partial charge in [0, 0.05) is 41.8 Å². The van der Waals surface area contributed by atoms with E-state index in [0.717, 1.165) is 37.9 Å². The van der Waals surface area contributed by atoms with Crippen molar-refractivity contribution in [2.45, 2.75) is 37.0 Å². The number of pyridine rings is 1. The van der Waals surface area contributed by atoms with E-state index < -0.39 is 23.8 Å². The maximum Gasteiger partial charge on any atom is 0.319 e. The fourth-order valence-corrected chi connectivity index (χ4v) is 7.62. The number of aromatic nitrogens is 3. The monoisotopic (exact) mass is 612 g/mol. The van der Waals surface area contributed by atoms with E-state index in [-0.39, 0.29) is 39.8 Å². The number of halogens is 3. The SMILES string of the molecule is C#Cc1c(F)ccc2cc(N)cc(-c3ncc4c(N5CCOC[C@H]6[C@H](F)[C@H]65)nc(OC[C@@]56CCCN5CC(=C)C6)nc4c3F)c12. The van der Waals surface area contributed by atoms with Crippen LogP contribution < -0.4 is 15.4 Å². The van der Waals surface area contributed by atoms with Crippen LogP contribution in [0.5, 0.6) is 6.01 Å². The highest BCUT2D eigenvalue weighted by Gasteiger charge is 2.56. The van der Waals surface area contributed by atoms with Gasteiger partial charge in [-0.15, -0.1) is 6.42 Å². The highest BCUT2D eigenvalue weighted by Crippen LogP contribution is 2.46. The van der Waals surface area contributed by atoms with Gasteiger partial charge in [-0.05, 0) is 49.4 Å². The Balaban J connectivity index is 1.29. The standard InChI is InChI=1S/C34H31F3N6O2/c1-3-21-25(35)6-5-19-11-20(38)12-22(26(19)21)29-28(37)30-23(14-39-29)32(43-9-10-44-16-24-27(36)31(24)43)41-33(40-30)45-17-34-7-4-8-42(34)15-18(2)13-34/h1,5-6,11-12,14,24,27,31H,2,4,7-10,13,15-17,38H2/t24-,27-,31-,34-/m0/s1. The van der Waals surface area contributed by atoms with Crippen LogP contribution in [0.4, 0.5) is 24.7 Å². The molecule has 2 N–H and O–H groups in total. The molecule has 1 aliphatic carbocycles. The topological polar surface area (TPSA) is 89.6 Å². The van der Waals surface area contributed by atoms with Crippen molar-refractivity contribution in [3.63, 3.8) is 0 Å². The van der Waals surface area contributed by atoms with E-state index in [0.29, 0.717) is 54.0 Å². The predicted molar refractivity (Wildman–Crippen MR) is 166 cm³/mol. The number of nitrogens with zero attached hydrogens (tertiary/aromatic N) is 5. The van der Waals surface area contributed by atoms with E-state index in [9.17, 15) is 8.78 Å². The van der Waals surface area contributed by atoms with Crippen molar-refractivity contribution in [2.24, 2.45) is 5.92 Å². The molecular weight excluding hydrogens is 581 g/mol. The van der Waals surface area contributed by atoms with Gasteiger partial charge < -0.3 is 20.1 Å². The van der Waals surface area contributed by atoms with Crippen molar-refractivity contribution in [1.29, 1.82) is 0 Å². The van der Waals surface area contributed by atoms with Crippen LogP contribution in [-0.4, -0.2) is 77.1 Å². The first-order chi connectivity index (χ1) is 21.8. The first kappa shape index (κ1) is 28.1. The number of nitrogen functional groups attached to an aromatic ring is 1. The number of nitrogens with two attached hydrogens (primary N) is 1. The summed E-state index contributed by atoms with van der Waals surface area (Å²) in [7, 11) is 0. The fourth-order valence-electron chi connectivity index (χ4n) is 7.62. The maximum atomic E-state index is 16.8. The molecule has 230 valence electrons. The van der Waals surface area contributed by atoms with Crippen LogP contribution in [0.1, 0.15) is 24.8 Å². The molecule has 0 spiro atoms. The number of terminal acetylenes is 1. The third kappa shape index (κ3) is 4.42. The Hall–Kier alpha value is -4.40. The molecule has 45 heavy (non-hydrogen) atoms. The van der Waals surface area contributed by atoms with Crippen molar-refractivity contribution in [3.05, 3.63) is 59.8 Å². The summed E-state index contributed by atoms with van der Waals surface area (Å²) >= 11 is 0. The molecule has 4 aliphatic rings. The summed E-state index contributed by atoms with van der Waals surface area (Å²) in [5, 5.41) is 1.16. The van der Waals surface area contributed by atoms with Gasteiger partial charge >= 0.3 is 6.01 Å². The third-order valence-corrected chi connectivity index (χ3v) is 9.79. The Morgan fingerprint density at radius 2 is 2.09 bits per heavy atom. The maximum absolute atomic E-state index is 16.8. The molecule has 3 saturated heterocycles. The molecular formula is C34H31F3N6O2. The molecule has 4 fully saturated rings.